The lowest BCUT2D eigenvalue weighted by Gasteiger charge is -2.16. The number of halogens is 1. The van der Waals surface area contributed by atoms with Crippen LogP contribution in [-0.2, 0) is 17.3 Å². The van der Waals surface area contributed by atoms with Crippen molar-refractivity contribution in [3.63, 3.8) is 0 Å². The van der Waals surface area contributed by atoms with Crippen molar-refractivity contribution in [1.29, 1.82) is 0 Å². The maximum absolute atomic E-state index is 14.0. The predicted octanol–water partition coefficient (Wildman–Crippen LogP) is 4.20. The highest BCUT2D eigenvalue weighted by Gasteiger charge is 2.09. The van der Waals surface area contributed by atoms with Crippen molar-refractivity contribution in [3.8, 4) is 5.75 Å². The summed E-state index contributed by atoms with van der Waals surface area (Å²) in [6.45, 7) is 6.35. The van der Waals surface area contributed by atoms with Gasteiger partial charge in [-0.2, -0.15) is 0 Å². The van der Waals surface area contributed by atoms with Gasteiger partial charge in [-0.3, -0.25) is 4.21 Å². The summed E-state index contributed by atoms with van der Waals surface area (Å²) in [6, 6.07) is 12.8. The first-order valence-electron chi connectivity index (χ1n) is 7.98. The first-order valence-corrected chi connectivity index (χ1v) is 9.54. The molecule has 3 nitrogen and oxygen atoms in total. The predicted molar refractivity (Wildman–Crippen MR) is 96.2 cm³/mol. The number of hydrogen-bond acceptors (Lipinski definition) is 3. The van der Waals surface area contributed by atoms with Gasteiger partial charge in [-0.05, 0) is 56.2 Å². The van der Waals surface area contributed by atoms with Gasteiger partial charge in [0.25, 0.3) is 0 Å². The van der Waals surface area contributed by atoms with E-state index in [4.69, 9.17) is 4.74 Å². The van der Waals surface area contributed by atoms with Crippen molar-refractivity contribution in [1.82, 2.24) is 5.32 Å². The molecule has 2 aromatic rings. The molecule has 0 saturated heterocycles. The fraction of sp³-hybridized carbons (Fsp3) is 0.368. The largest absolute Gasteiger partial charge is 0.488 e. The van der Waals surface area contributed by atoms with E-state index in [0.717, 1.165) is 16.0 Å². The lowest BCUT2D eigenvalue weighted by atomic mass is 10.1. The number of benzene rings is 2. The van der Waals surface area contributed by atoms with Crippen molar-refractivity contribution in [2.45, 2.75) is 44.4 Å². The van der Waals surface area contributed by atoms with E-state index in [2.05, 4.69) is 5.32 Å². The molecule has 5 heteroatoms. The average Bonchev–Trinajstić information content (AvgIpc) is 2.54. The Morgan fingerprint density at radius 1 is 1.12 bits per heavy atom. The zero-order chi connectivity index (χ0) is 17.7. The van der Waals surface area contributed by atoms with Crippen LogP contribution >= 0.6 is 0 Å². The molecule has 0 bridgehead atoms. The molecule has 0 aliphatic heterocycles. The van der Waals surface area contributed by atoms with Crippen LogP contribution in [0.2, 0.25) is 0 Å². The molecule has 0 saturated carbocycles. The normalized spacial score (nSPS) is 13.8. The first-order chi connectivity index (χ1) is 11.4. The Hall–Kier alpha value is -1.72. The van der Waals surface area contributed by atoms with E-state index < -0.39 is 10.8 Å². The standard InChI is InChI=1S/C19H24FNO2S/c1-13(2)23-19-10-5-15(11-18(19)20)12-21-14(3)16-6-8-17(9-7-16)24(4)22/h5-11,13-14,21H,12H2,1-4H3/t14-,24-/m1/s1. The van der Waals surface area contributed by atoms with Gasteiger partial charge in [0.1, 0.15) is 0 Å². The number of rotatable bonds is 7. The Kier molecular flexibility index (Phi) is 6.52. The van der Waals surface area contributed by atoms with Crippen molar-refractivity contribution in [3.05, 3.63) is 59.4 Å². The van der Waals surface area contributed by atoms with Crippen molar-refractivity contribution in [2.75, 3.05) is 6.26 Å². The first kappa shape index (κ1) is 18.6. The van der Waals surface area contributed by atoms with Gasteiger partial charge < -0.3 is 10.1 Å². The molecule has 0 aliphatic carbocycles. The average molecular weight is 349 g/mol. The quantitative estimate of drug-likeness (QED) is 0.814. The van der Waals surface area contributed by atoms with Gasteiger partial charge in [0.15, 0.2) is 11.6 Å². The summed E-state index contributed by atoms with van der Waals surface area (Å²) in [4.78, 5) is 0.814. The van der Waals surface area contributed by atoms with Gasteiger partial charge in [-0.25, -0.2) is 4.39 Å². The van der Waals surface area contributed by atoms with E-state index in [0.29, 0.717) is 6.54 Å². The van der Waals surface area contributed by atoms with E-state index in [1.807, 2.05) is 51.1 Å². The van der Waals surface area contributed by atoms with Gasteiger partial charge in [0.2, 0.25) is 0 Å². The van der Waals surface area contributed by atoms with Crippen LogP contribution in [0.5, 0.6) is 5.75 Å². The second kappa shape index (κ2) is 8.40. The zero-order valence-corrected chi connectivity index (χ0v) is 15.3. The minimum atomic E-state index is -0.967. The zero-order valence-electron chi connectivity index (χ0n) is 14.5. The SMILES string of the molecule is CC(C)Oc1ccc(CN[C@H](C)c2ccc([S@@](C)=O)cc2)cc1F. The van der Waals surface area contributed by atoms with E-state index >= 15 is 0 Å². The molecular weight excluding hydrogens is 325 g/mol. The fourth-order valence-corrected chi connectivity index (χ4v) is 2.86. The van der Waals surface area contributed by atoms with Gasteiger partial charge in [0.05, 0.1) is 6.10 Å². The van der Waals surface area contributed by atoms with Crippen LogP contribution in [0.4, 0.5) is 4.39 Å². The molecule has 2 aromatic carbocycles. The molecule has 24 heavy (non-hydrogen) atoms. The molecular formula is C19H24FNO2S. The minimum Gasteiger partial charge on any atom is -0.488 e. The van der Waals surface area contributed by atoms with Crippen LogP contribution in [0.15, 0.2) is 47.4 Å². The third-order valence-electron chi connectivity index (χ3n) is 3.68. The molecule has 0 aliphatic rings. The second-order valence-electron chi connectivity index (χ2n) is 6.06. The maximum atomic E-state index is 14.0. The van der Waals surface area contributed by atoms with Crippen molar-refractivity contribution >= 4 is 10.8 Å². The van der Waals surface area contributed by atoms with Crippen molar-refractivity contribution in [2.24, 2.45) is 0 Å². The summed E-state index contributed by atoms with van der Waals surface area (Å²) in [5.74, 6) is -0.0598. The fourth-order valence-electron chi connectivity index (χ4n) is 2.34. The Morgan fingerprint density at radius 2 is 1.79 bits per heavy atom. The Balaban J connectivity index is 1.97. The van der Waals surface area contributed by atoms with E-state index in [9.17, 15) is 8.60 Å². The highest BCUT2D eigenvalue weighted by atomic mass is 32.2. The van der Waals surface area contributed by atoms with E-state index in [1.54, 1.807) is 12.3 Å². The Labute approximate surface area is 145 Å². The van der Waals surface area contributed by atoms with Crippen LogP contribution < -0.4 is 10.1 Å². The molecule has 0 fully saturated rings. The van der Waals surface area contributed by atoms with Crippen LogP contribution in [0.3, 0.4) is 0 Å². The summed E-state index contributed by atoms with van der Waals surface area (Å²) in [6.07, 6.45) is 1.61. The monoisotopic (exact) mass is 349 g/mol. The van der Waals surface area contributed by atoms with Gasteiger partial charge >= 0.3 is 0 Å². The van der Waals surface area contributed by atoms with Gasteiger partial charge in [-0.1, -0.05) is 18.2 Å². The van der Waals surface area contributed by atoms with Crippen molar-refractivity contribution < 1.29 is 13.3 Å². The molecule has 2 atom stereocenters. The molecule has 0 unspecified atom stereocenters. The molecule has 0 spiro atoms. The summed E-state index contributed by atoms with van der Waals surface area (Å²) in [5.41, 5.74) is 1.96. The minimum absolute atomic E-state index is 0.0519. The molecule has 0 heterocycles. The lowest BCUT2D eigenvalue weighted by molar-refractivity contribution is 0.231. The Morgan fingerprint density at radius 3 is 2.33 bits per heavy atom. The summed E-state index contributed by atoms with van der Waals surface area (Å²) >= 11 is 0. The van der Waals surface area contributed by atoms with E-state index in [1.165, 1.54) is 6.07 Å². The van der Waals surface area contributed by atoms with Crippen LogP contribution in [0.1, 0.15) is 37.9 Å². The molecule has 0 amide bonds. The maximum Gasteiger partial charge on any atom is 0.165 e. The molecule has 2 rings (SSSR count). The summed E-state index contributed by atoms with van der Waals surface area (Å²) in [7, 11) is -0.967. The number of hydrogen-bond donors (Lipinski definition) is 1. The topological polar surface area (TPSA) is 38.3 Å². The number of ether oxygens (including phenoxy) is 1. The third-order valence-corrected chi connectivity index (χ3v) is 4.62. The molecule has 1 N–H and O–H groups in total. The van der Waals surface area contributed by atoms with E-state index in [-0.39, 0.29) is 23.7 Å². The highest BCUT2D eigenvalue weighted by Crippen LogP contribution is 2.21. The summed E-state index contributed by atoms with van der Waals surface area (Å²) in [5, 5.41) is 3.37. The second-order valence-corrected chi connectivity index (χ2v) is 7.44. The van der Waals surface area contributed by atoms with Gasteiger partial charge in [-0.15, -0.1) is 0 Å². The summed E-state index contributed by atoms with van der Waals surface area (Å²) < 4.78 is 30.8. The highest BCUT2D eigenvalue weighted by molar-refractivity contribution is 7.84. The lowest BCUT2D eigenvalue weighted by Crippen LogP contribution is -2.18. The number of nitrogens with one attached hydrogen (secondary N) is 1. The van der Waals surface area contributed by atoms with Gasteiger partial charge in [0, 0.05) is 34.5 Å². The molecule has 0 radical (unpaired) electrons. The molecule has 0 aromatic heterocycles. The molecule has 130 valence electrons. The van der Waals surface area contributed by atoms with Crippen LogP contribution in [0.25, 0.3) is 0 Å². The smallest absolute Gasteiger partial charge is 0.165 e. The third kappa shape index (κ3) is 5.14. The Bertz CT molecular complexity index is 701. The van der Waals surface area contributed by atoms with Crippen LogP contribution in [-0.4, -0.2) is 16.6 Å². The van der Waals surface area contributed by atoms with Crippen LogP contribution in [0, 0.1) is 5.82 Å².